The van der Waals surface area contributed by atoms with E-state index in [0.29, 0.717) is 5.57 Å². The van der Waals surface area contributed by atoms with Gasteiger partial charge in [0.1, 0.15) is 11.7 Å². The lowest BCUT2D eigenvalue weighted by Crippen LogP contribution is -2.35. The van der Waals surface area contributed by atoms with Crippen LogP contribution in [0.3, 0.4) is 0 Å². The highest BCUT2D eigenvalue weighted by Gasteiger charge is 2.11. The number of hydrogen-bond donors (Lipinski definition) is 1. The lowest BCUT2D eigenvalue weighted by atomic mass is 10.1. The summed E-state index contributed by atoms with van der Waals surface area (Å²) >= 11 is 0. The molecule has 0 spiro atoms. The number of aliphatic imine (C=N–C) groups is 1. The first-order valence-corrected chi connectivity index (χ1v) is 9.59. The highest BCUT2D eigenvalue weighted by molar-refractivity contribution is 5.94. The maximum absolute atomic E-state index is 13.0. The van der Waals surface area contributed by atoms with Crippen LogP contribution >= 0.6 is 0 Å². The summed E-state index contributed by atoms with van der Waals surface area (Å²) in [4.78, 5) is 18.8. The Morgan fingerprint density at radius 2 is 1.85 bits per heavy atom. The van der Waals surface area contributed by atoms with Crippen LogP contribution < -0.4 is 5.32 Å². The lowest BCUT2D eigenvalue weighted by Gasteiger charge is -2.26. The Morgan fingerprint density at radius 1 is 1.19 bits per heavy atom. The number of allylic oxidation sites excluding steroid dienone is 3. The monoisotopic (exact) mass is 373 g/mol. The maximum Gasteiger partial charge on any atom is 0.157 e. The van der Waals surface area contributed by atoms with E-state index in [-0.39, 0.29) is 11.6 Å². The quantitative estimate of drug-likeness (QED) is 0.265. The number of rotatable bonds is 10. The summed E-state index contributed by atoms with van der Waals surface area (Å²) in [5, 5.41) is 3.32. The fourth-order valence-corrected chi connectivity index (χ4v) is 2.64. The topological polar surface area (TPSA) is 44.7 Å². The second kappa shape index (κ2) is 12.0. The molecule has 0 amide bonds. The van der Waals surface area contributed by atoms with Crippen molar-refractivity contribution in [2.75, 3.05) is 25.0 Å². The molecule has 0 heterocycles. The van der Waals surface area contributed by atoms with Crippen molar-refractivity contribution in [2.24, 2.45) is 4.99 Å². The highest BCUT2D eigenvalue weighted by atomic mass is 19.1. The molecule has 0 bridgehead atoms. The number of benzene rings is 1. The van der Waals surface area contributed by atoms with Gasteiger partial charge in [0.05, 0.1) is 5.70 Å². The predicted octanol–water partition coefficient (Wildman–Crippen LogP) is 5.20. The molecule has 1 aromatic carbocycles. The van der Waals surface area contributed by atoms with Crippen LogP contribution in [0.25, 0.3) is 0 Å². The van der Waals surface area contributed by atoms with Gasteiger partial charge >= 0.3 is 0 Å². The number of ketones is 1. The van der Waals surface area contributed by atoms with E-state index in [1.807, 2.05) is 26.0 Å². The van der Waals surface area contributed by atoms with Crippen molar-refractivity contribution in [2.45, 2.75) is 47.5 Å². The number of amidine groups is 1. The van der Waals surface area contributed by atoms with E-state index in [4.69, 9.17) is 4.99 Å². The molecule has 148 valence electrons. The van der Waals surface area contributed by atoms with Gasteiger partial charge in [-0.15, -0.1) is 0 Å². The minimum atomic E-state index is -0.238. The van der Waals surface area contributed by atoms with Crippen LogP contribution in [0, 0.1) is 5.82 Å². The van der Waals surface area contributed by atoms with E-state index in [1.54, 1.807) is 19.1 Å². The molecular formula is C22H32FN3O. The Hall–Kier alpha value is -2.43. The minimum Gasteiger partial charge on any atom is -0.383 e. The number of carbonyl (C=O) groups excluding carboxylic acids is 1. The fraction of sp³-hybridized carbons (Fsp3) is 0.455. The second-order valence-corrected chi connectivity index (χ2v) is 6.37. The standard InChI is InChI=1S/C22H32FN3O/c1-6-9-21(17(4)18(5)27)25-22(8-3)26(15-7-2)16-14-24-20-12-10-19(23)11-13-20/h6,9-13,24H,7-8,14-16H2,1-5H3/b9-6-,21-17-,25-22+. The summed E-state index contributed by atoms with van der Waals surface area (Å²) in [7, 11) is 0. The van der Waals surface area contributed by atoms with Crippen LogP contribution in [0.5, 0.6) is 0 Å². The third-order valence-corrected chi connectivity index (χ3v) is 4.22. The van der Waals surface area contributed by atoms with Crippen molar-refractivity contribution in [1.29, 1.82) is 0 Å². The molecule has 0 atom stereocenters. The molecule has 0 aromatic heterocycles. The predicted molar refractivity (Wildman–Crippen MR) is 113 cm³/mol. The van der Waals surface area contributed by atoms with Gasteiger partial charge in [0.25, 0.3) is 0 Å². The number of Topliss-reactive ketones (excluding diaryl/α,β-unsaturated/α-hetero) is 1. The second-order valence-electron chi connectivity index (χ2n) is 6.37. The smallest absolute Gasteiger partial charge is 0.157 e. The van der Waals surface area contributed by atoms with Gasteiger partial charge in [-0.05, 0) is 57.5 Å². The number of nitrogens with one attached hydrogen (secondary N) is 1. The molecular weight excluding hydrogens is 341 g/mol. The van der Waals surface area contributed by atoms with E-state index < -0.39 is 0 Å². The summed E-state index contributed by atoms with van der Waals surface area (Å²) in [5.74, 6) is 0.756. The maximum atomic E-state index is 13.0. The average molecular weight is 374 g/mol. The van der Waals surface area contributed by atoms with Gasteiger partial charge in [-0.2, -0.15) is 0 Å². The molecule has 0 unspecified atom stereocenters. The first-order valence-electron chi connectivity index (χ1n) is 9.59. The number of nitrogens with zero attached hydrogens (tertiary/aromatic N) is 2. The molecule has 4 nitrogen and oxygen atoms in total. The van der Waals surface area contributed by atoms with Crippen LogP contribution in [0.2, 0.25) is 0 Å². The third-order valence-electron chi connectivity index (χ3n) is 4.22. The van der Waals surface area contributed by atoms with E-state index in [1.165, 1.54) is 12.1 Å². The van der Waals surface area contributed by atoms with E-state index in [9.17, 15) is 9.18 Å². The molecule has 0 radical (unpaired) electrons. The van der Waals surface area contributed by atoms with Crippen LogP contribution in [-0.2, 0) is 4.79 Å². The zero-order valence-corrected chi connectivity index (χ0v) is 17.2. The van der Waals surface area contributed by atoms with Crippen LogP contribution in [0.1, 0.15) is 47.5 Å². The summed E-state index contributed by atoms with van der Waals surface area (Å²) in [5.41, 5.74) is 2.28. The van der Waals surface area contributed by atoms with Crippen molar-refractivity contribution in [3.8, 4) is 0 Å². The molecule has 1 aromatic rings. The zero-order valence-electron chi connectivity index (χ0n) is 17.2. The SMILES string of the molecule is C\C=C/C(/N=C(\CC)N(CCC)CCNc1ccc(F)cc1)=C(\C)C(C)=O. The fourth-order valence-electron chi connectivity index (χ4n) is 2.64. The molecule has 0 fully saturated rings. The Labute approximate surface area is 162 Å². The first kappa shape index (κ1) is 22.6. The van der Waals surface area contributed by atoms with Gasteiger partial charge in [0.2, 0.25) is 0 Å². The van der Waals surface area contributed by atoms with Crippen LogP contribution in [0.4, 0.5) is 10.1 Å². The van der Waals surface area contributed by atoms with Crippen LogP contribution in [0.15, 0.2) is 52.7 Å². The Kier molecular flexibility index (Phi) is 10.1. The average Bonchev–Trinajstić information content (AvgIpc) is 2.65. The van der Waals surface area contributed by atoms with Crippen molar-refractivity contribution in [3.63, 3.8) is 0 Å². The molecule has 0 saturated carbocycles. The summed E-state index contributed by atoms with van der Waals surface area (Å²) in [6.45, 7) is 11.9. The van der Waals surface area contributed by atoms with Gasteiger partial charge in [-0.1, -0.05) is 19.9 Å². The Balaban J connectivity index is 2.94. The summed E-state index contributed by atoms with van der Waals surface area (Å²) in [6, 6.07) is 6.36. The lowest BCUT2D eigenvalue weighted by molar-refractivity contribution is -0.113. The zero-order chi connectivity index (χ0) is 20.2. The van der Waals surface area contributed by atoms with Crippen molar-refractivity contribution in [1.82, 2.24) is 4.90 Å². The molecule has 27 heavy (non-hydrogen) atoms. The van der Waals surface area contributed by atoms with Crippen molar-refractivity contribution >= 4 is 17.3 Å². The van der Waals surface area contributed by atoms with Gasteiger partial charge in [-0.25, -0.2) is 9.38 Å². The largest absolute Gasteiger partial charge is 0.383 e. The molecule has 0 saturated heterocycles. The minimum absolute atomic E-state index is 0.0299. The Bertz CT molecular complexity index is 690. The van der Waals surface area contributed by atoms with Crippen LogP contribution in [-0.4, -0.2) is 36.2 Å². The van der Waals surface area contributed by atoms with Crippen molar-refractivity contribution in [3.05, 3.63) is 53.5 Å². The number of anilines is 1. The number of halogens is 1. The van der Waals surface area contributed by atoms with E-state index >= 15 is 0 Å². The molecule has 0 aliphatic rings. The normalized spacial score (nSPS) is 12.9. The molecule has 0 aliphatic heterocycles. The summed E-state index contributed by atoms with van der Waals surface area (Å²) in [6.07, 6.45) is 5.57. The molecule has 0 aliphatic carbocycles. The first-order chi connectivity index (χ1) is 12.9. The highest BCUT2D eigenvalue weighted by Crippen LogP contribution is 2.13. The van der Waals surface area contributed by atoms with Gasteiger partial charge in [0.15, 0.2) is 5.78 Å². The number of carbonyl (C=O) groups is 1. The van der Waals surface area contributed by atoms with Gasteiger partial charge in [-0.3, -0.25) is 4.79 Å². The van der Waals surface area contributed by atoms with E-state index in [0.717, 1.165) is 49.7 Å². The molecule has 5 heteroatoms. The van der Waals surface area contributed by atoms with E-state index in [2.05, 4.69) is 24.1 Å². The third kappa shape index (κ3) is 7.77. The van der Waals surface area contributed by atoms with Gasteiger partial charge in [0, 0.05) is 37.3 Å². The van der Waals surface area contributed by atoms with Crippen molar-refractivity contribution < 1.29 is 9.18 Å². The number of hydrogen-bond acceptors (Lipinski definition) is 3. The molecule has 1 rings (SSSR count). The molecule has 1 N–H and O–H groups in total. The van der Waals surface area contributed by atoms with Gasteiger partial charge < -0.3 is 10.2 Å². The Morgan fingerprint density at radius 3 is 2.37 bits per heavy atom. The summed E-state index contributed by atoms with van der Waals surface area (Å²) < 4.78 is 13.0.